The Morgan fingerprint density at radius 1 is 1.67 bits per heavy atom. The van der Waals surface area contributed by atoms with E-state index in [0.29, 0.717) is 0 Å². The average Bonchev–Trinajstić information content (AvgIpc) is 2.50. The van der Waals surface area contributed by atoms with Crippen LogP contribution in [0.4, 0.5) is 0 Å². The smallest absolute Gasteiger partial charge is 0.0929 e. The first-order valence-corrected chi connectivity index (χ1v) is 4.93. The zero-order chi connectivity index (χ0) is 8.81. The van der Waals surface area contributed by atoms with Crippen LogP contribution in [0.1, 0.15) is 17.1 Å². The molecule has 0 radical (unpaired) electrons. The van der Waals surface area contributed by atoms with Gasteiger partial charge in [0.2, 0.25) is 0 Å². The molecule has 1 rings (SSSR count). The van der Waals surface area contributed by atoms with Gasteiger partial charge in [-0.25, -0.2) is 4.98 Å². The molecule has 0 aromatic carbocycles. The zero-order valence-corrected chi connectivity index (χ0v) is 8.02. The Morgan fingerprint density at radius 3 is 3.17 bits per heavy atom. The summed E-state index contributed by atoms with van der Waals surface area (Å²) in [6.07, 6.45) is 1.71. The van der Waals surface area contributed by atoms with Crippen LogP contribution in [0, 0.1) is 0 Å². The van der Waals surface area contributed by atoms with Gasteiger partial charge in [-0.1, -0.05) is 0 Å². The first-order chi connectivity index (χ1) is 5.86. The minimum Gasteiger partial charge on any atom is -0.396 e. The Labute approximate surface area is 76.5 Å². The summed E-state index contributed by atoms with van der Waals surface area (Å²) < 4.78 is 0. The highest BCUT2D eigenvalue weighted by atomic mass is 32.1. The largest absolute Gasteiger partial charge is 0.396 e. The van der Waals surface area contributed by atoms with Crippen molar-refractivity contribution in [2.75, 3.05) is 13.7 Å². The van der Waals surface area contributed by atoms with Gasteiger partial charge in [-0.15, -0.1) is 11.3 Å². The third kappa shape index (κ3) is 2.89. The SMILES string of the molecule is CNCc1csc(CCCO)n1. The third-order valence-corrected chi connectivity index (χ3v) is 2.46. The van der Waals surface area contributed by atoms with Gasteiger partial charge in [0.25, 0.3) is 0 Å². The molecule has 0 saturated heterocycles. The molecule has 0 bridgehead atoms. The summed E-state index contributed by atoms with van der Waals surface area (Å²) in [7, 11) is 1.91. The minimum absolute atomic E-state index is 0.251. The number of nitrogens with zero attached hydrogens (tertiary/aromatic N) is 1. The number of aryl methyl sites for hydroxylation is 1. The number of nitrogens with one attached hydrogen (secondary N) is 1. The van der Waals surface area contributed by atoms with Crippen LogP contribution in [-0.2, 0) is 13.0 Å². The molecule has 0 unspecified atom stereocenters. The summed E-state index contributed by atoms with van der Waals surface area (Å²) >= 11 is 1.67. The Kier molecular flexibility index (Phi) is 4.21. The summed E-state index contributed by atoms with van der Waals surface area (Å²) in [6.45, 7) is 1.08. The second-order valence-corrected chi connectivity index (χ2v) is 3.53. The van der Waals surface area contributed by atoms with Crippen molar-refractivity contribution in [2.24, 2.45) is 0 Å². The molecule has 68 valence electrons. The van der Waals surface area contributed by atoms with Gasteiger partial charge in [0, 0.05) is 25.0 Å². The Balaban J connectivity index is 2.41. The molecule has 0 saturated carbocycles. The third-order valence-electron chi connectivity index (χ3n) is 1.51. The maximum atomic E-state index is 8.60. The number of aliphatic hydroxyl groups excluding tert-OH is 1. The number of thiazole rings is 1. The quantitative estimate of drug-likeness (QED) is 0.714. The van der Waals surface area contributed by atoms with E-state index in [9.17, 15) is 0 Å². The molecular formula is C8H14N2OS. The molecule has 1 heterocycles. The van der Waals surface area contributed by atoms with Crippen molar-refractivity contribution in [1.29, 1.82) is 0 Å². The lowest BCUT2D eigenvalue weighted by atomic mass is 10.3. The van der Waals surface area contributed by atoms with E-state index in [1.54, 1.807) is 11.3 Å². The fourth-order valence-corrected chi connectivity index (χ4v) is 1.80. The van der Waals surface area contributed by atoms with Crippen LogP contribution in [0.3, 0.4) is 0 Å². The molecule has 0 aliphatic rings. The predicted molar refractivity (Wildman–Crippen MR) is 50.3 cm³/mol. The summed E-state index contributed by atoms with van der Waals surface area (Å²) in [4.78, 5) is 4.38. The van der Waals surface area contributed by atoms with Crippen LogP contribution in [0.5, 0.6) is 0 Å². The first kappa shape index (κ1) is 9.64. The van der Waals surface area contributed by atoms with Crippen molar-refractivity contribution in [3.8, 4) is 0 Å². The van der Waals surface area contributed by atoms with E-state index < -0.39 is 0 Å². The van der Waals surface area contributed by atoms with E-state index in [0.717, 1.165) is 30.1 Å². The lowest BCUT2D eigenvalue weighted by molar-refractivity contribution is 0.288. The van der Waals surface area contributed by atoms with Crippen molar-refractivity contribution in [3.63, 3.8) is 0 Å². The van der Waals surface area contributed by atoms with E-state index in [4.69, 9.17) is 5.11 Å². The van der Waals surface area contributed by atoms with Gasteiger partial charge in [0.05, 0.1) is 10.7 Å². The first-order valence-electron chi connectivity index (χ1n) is 4.05. The van der Waals surface area contributed by atoms with E-state index in [-0.39, 0.29) is 6.61 Å². The summed E-state index contributed by atoms with van der Waals surface area (Å²) in [5.74, 6) is 0. The van der Waals surface area contributed by atoms with E-state index >= 15 is 0 Å². The number of hydrogen-bond acceptors (Lipinski definition) is 4. The van der Waals surface area contributed by atoms with Crippen molar-refractivity contribution < 1.29 is 5.11 Å². The highest BCUT2D eigenvalue weighted by Gasteiger charge is 1.99. The van der Waals surface area contributed by atoms with Crippen LogP contribution >= 0.6 is 11.3 Å². The molecule has 1 aromatic rings. The minimum atomic E-state index is 0.251. The van der Waals surface area contributed by atoms with Crippen LogP contribution in [0.15, 0.2) is 5.38 Å². The molecular weight excluding hydrogens is 172 g/mol. The van der Waals surface area contributed by atoms with Crippen molar-refractivity contribution in [3.05, 3.63) is 16.1 Å². The lowest BCUT2D eigenvalue weighted by Crippen LogP contribution is -2.05. The molecule has 12 heavy (non-hydrogen) atoms. The predicted octanol–water partition coefficient (Wildman–Crippen LogP) is 0.787. The Morgan fingerprint density at radius 2 is 2.50 bits per heavy atom. The number of aromatic nitrogens is 1. The highest BCUT2D eigenvalue weighted by molar-refractivity contribution is 7.09. The summed E-state index contributed by atoms with van der Waals surface area (Å²) in [6, 6.07) is 0. The fraction of sp³-hybridized carbons (Fsp3) is 0.625. The van der Waals surface area contributed by atoms with Gasteiger partial charge in [-0.05, 0) is 13.5 Å². The number of rotatable bonds is 5. The molecule has 0 fully saturated rings. The molecule has 2 N–H and O–H groups in total. The molecule has 0 atom stereocenters. The molecule has 0 spiro atoms. The van der Waals surface area contributed by atoms with Crippen LogP contribution in [-0.4, -0.2) is 23.7 Å². The lowest BCUT2D eigenvalue weighted by Gasteiger charge is -1.92. The van der Waals surface area contributed by atoms with Gasteiger partial charge in [-0.2, -0.15) is 0 Å². The number of hydrogen-bond donors (Lipinski definition) is 2. The van der Waals surface area contributed by atoms with Gasteiger partial charge in [0.15, 0.2) is 0 Å². The van der Waals surface area contributed by atoms with Crippen LogP contribution < -0.4 is 5.32 Å². The molecule has 0 aliphatic heterocycles. The monoisotopic (exact) mass is 186 g/mol. The Bertz CT molecular complexity index is 225. The van der Waals surface area contributed by atoms with E-state index in [1.165, 1.54) is 0 Å². The normalized spacial score (nSPS) is 10.5. The van der Waals surface area contributed by atoms with Crippen molar-refractivity contribution >= 4 is 11.3 Å². The molecule has 1 aromatic heterocycles. The van der Waals surface area contributed by atoms with Crippen molar-refractivity contribution in [2.45, 2.75) is 19.4 Å². The standard InChI is InChI=1S/C8H14N2OS/c1-9-5-7-6-12-8(10-7)3-2-4-11/h6,9,11H,2-5H2,1H3. The summed E-state index contributed by atoms with van der Waals surface area (Å²) in [5, 5.41) is 14.8. The maximum Gasteiger partial charge on any atom is 0.0929 e. The van der Waals surface area contributed by atoms with Gasteiger partial charge in [-0.3, -0.25) is 0 Å². The maximum absolute atomic E-state index is 8.60. The second kappa shape index (κ2) is 5.24. The number of aliphatic hydroxyl groups is 1. The zero-order valence-electron chi connectivity index (χ0n) is 7.21. The molecule has 0 amide bonds. The van der Waals surface area contributed by atoms with E-state index in [1.807, 2.05) is 7.05 Å². The average molecular weight is 186 g/mol. The van der Waals surface area contributed by atoms with Gasteiger partial charge < -0.3 is 10.4 Å². The van der Waals surface area contributed by atoms with Crippen molar-refractivity contribution in [1.82, 2.24) is 10.3 Å². The second-order valence-electron chi connectivity index (χ2n) is 2.59. The van der Waals surface area contributed by atoms with Gasteiger partial charge in [0.1, 0.15) is 0 Å². The Hall–Kier alpha value is -0.450. The fourth-order valence-electron chi connectivity index (χ4n) is 0.956. The van der Waals surface area contributed by atoms with Crippen LogP contribution in [0.2, 0.25) is 0 Å². The molecule has 4 heteroatoms. The molecule has 3 nitrogen and oxygen atoms in total. The van der Waals surface area contributed by atoms with Crippen LogP contribution in [0.25, 0.3) is 0 Å². The van der Waals surface area contributed by atoms with E-state index in [2.05, 4.69) is 15.7 Å². The highest BCUT2D eigenvalue weighted by Crippen LogP contribution is 2.11. The molecule has 0 aliphatic carbocycles. The summed E-state index contributed by atoms with van der Waals surface area (Å²) in [5.41, 5.74) is 1.09. The van der Waals surface area contributed by atoms with Gasteiger partial charge >= 0.3 is 0 Å². The topological polar surface area (TPSA) is 45.1 Å².